The Hall–Kier alpha value is -1.80. The van der Waals surface area contributed by atoms with Crippen LogP contribution in [0.2, 0.25) is 5.15 Å². The fraction of sp³-hybridized carbons (Fsp3) is 0.364. The predicted octanol–water partition coefficient (Wildman–Crippen LogP) is 1.54. The average Bonchev–Trinajstić information content (AvgIpc) is 2.24. The van der Waals surface area contributed by atoms with E-state index >= 15 is 0 Å². The summed E-state index contributed by atoms with van der Waals surface area (Å²) < 4.78 is 0. The molecule has 1 heterocycles. The van der Waals surface area contributed by atoms with E-state index in [9.17, 15) is 4.79 Å². The largest absolute Gasteiger partial charge is 0.361 e. The summed E-state index contributed by atoms with van der Waals surface area (Å²) in [6.45, 7) is 3.85. The Morgan fingerprint density at radius 3 is 2.88 bits per heavy atom. The second kappa shape index (κ2) is 6.06. The van der Waals surface area contributed by atoms with E-state index in [1.165, 1.54) is 12.1 Å². The molecule has 2 N–H and O–H groups in total. The number of nitrogens with one attached hydrogen (secondary N) is 2. The standard InChI is InChI=1S/C11H13ClN4O/c1-7(2)15-11(17)6-14-10-4-8(5-13)3-9(12)16-10/h3-4,7H,6H2,1-2H3,(H,14,16)(H,15,17). The quantitative estimate of drug-likeness (QED) is 0.797. The molecule has 0 aromatic carbocycles. The number of nitriles is 1. The van der Waals surface area contributed by atoms with Crippen molar-refractivity contribution in [1.29, 1.82) is 5.26 Å². The highest BCUT2D eigenvalue weighted by Crippen LogP contribution is 2.13. The molecule has 1 rings (SSSR count). The molecule has 5 nitrogen and oxygen atoms in total. The third kappa shape index (κ3) is 4.70. The van der Waals surface area contributed by atoms with Gasteiger partial charge in [0.05, 0.1) is 18.2 Å². The number of pyridine rings is 1. The fourth-order valence-electron chi connectivity index (χ4n) is 1.20. The molecule has 0 fully saturated rings. The average molecular weight is 253 g/mol. The van der Waals surface area contributed by atoms with Crippen molar-refractivity contribution in [2.75, 3.05) is 11.9 Å². The predicted molar refractivity (Wildman–Crippen MR) is 65.7 cm³/mol. The van der Waals surface area contributed by atoms with E-state index in [1.54, 1.807) is 0 Å². The second-order valence-electron chi connectivity index (χ2n) is 3.75. The number of carbonyl (C=O) groups is 1. The molecule has 0 aliphatic rings. The molecular weight excluding hydrogens is 240 g/mol. The lowest BCUT2D eigenvalue weighted by molar-refractivity contribution is -0.119. The molecule has 0 radical (unpaired) electrons. The SMILES string of the molecule is CC(C)NC(=O)CNc1cc(C#N)cc(Cl)n1. The lowest BCUT2D eigenvalue weighted by Crippen LogP contribution is -2.34. The van der Waals surface area contributed by atoms with Crippen LogP contribution in [0.15, 0.2) is 12.1 Å². The fourth-order valence-corrected chi connectivity index (χ4v) is 1.40. The molecule has 0 spiro atoms. The molecule has 6 heteroatoms. The Morgan fingerprint density at radius 2 is 2.29 bits per heavy atom. The zero-order valence-electron chi connectivity index (χ0n) is 9.62. The van der Waals surface area contributed by atoms with Gasteiger partial charge in [0.1, 0.15) is 11.0 Å². The van der Waals surface area contributed by atoms with Crippen molar-refractivity contribution in [2.45, 2.75) is 19.9 Å². The monoisotopic (exact) mass is 252 g/mol. The maximum atomic E-state index is 11.4. The number of hydrogen-bond donors (Lipinski definition) is 2. The van der Waals surface area contributed by atoms with Crippen LogP contribution < -0.4 is 10.6 Å². The van der Waals surface area contributed by atoms with E-state index in [0.717, 1.165) is 0 Å². The van der Waals surface area contributed by atoms with Gasteiger partial charge >= 0.3 is 0 Å². The van der Waals surface area contributed by atoms with E-state index < -0.39 is 0 Å². The lowest BCUT2D eigenvalue weighted by Gasteiger charge is -2.09. The van der Waals surface area contributed by atoms with E-state index in [2.05, 4.69) is 15.6 Å². The van der Waals surface area contributed by atoms with Crippen molar-refractivity contribution >= 4 is 23.3 Å². The minimum absolute atomic E-state index is 0.0892. The van der Waals surface area contributed by atoms with Crippen LogP contribution in [-0.2, 0) is 4.79 Å². The summed E-state index contributed by atoms with van der Waals surface area (Å²) >= 11 is 5.73. The summed E-state index contributed by atoms with van der Waals surface area (Å²) in [6.07, 6.45) is 0. The number of carbonyl (C=O) groups excluding carboxylic acids is 1. The normalized spacial score (nSPS) is 9.82. The molecule has 0 saturated heterocycles. The van der Waals surface area contributed by atoms with Crippen molar-refractivity contribution in [2.24, 2.45) is 0 Å². The number of aromatic nitrogens is 1. The number of rotatable bonds is 4. The van der Waals surface area contributed by atoms with Crippen LogP contribution in [0.1, 0.15) is 19.4 Å². The van der Waals surface area contributed by atoms with Gasteiger partial charge in [0.25, 0.3) is 0 Å². The summed E-state index contributed by atoms with van der Waals surface area (Å²) in [5.74, 6) is 0.272. The molecule has 1 aromatic rings. The Balaban J connectivity index is 2.61. The first kappa shape index (κ1) is 13.3. The third-order valence-electron chi connectivity index (χ3n) is 1.80. The molecule has 0 unspecified atom stereocenters. The summed E-state index contributed by atoms with van der Waals surface area (Å²) in [5, 5.41) is 14.5. The number of hydrogen-bond acceptors (Lipinski definition) is 4. The molecule has 1 amide bonds. The minimum Gasteiger partial charge on any atom is -0.361 e. The van der Waals surface area contributed by atoms with Crippen molar-refractivity contribution in [1.82, 2.24) is 10.3 Å². The smallest absolute Gasteiger partial charge is 0.239 e. The number of nitrogens with zero attached hydrogens (tertiary/aromatic N) is 2. The Bertz CT molecular complexity index is 453. The van der Waals surface area contributed by atoms with Crippen LogP contribution in [0.3, 0.4) is 0 Å². The third-order valence-corrected chi connectivity index (χ3v) is 2.00. The molecule has 0 aliphatic carbocycles. The first-order chi connectivity index (χ1) is 8.01. The molecule has 0 saturated carbocycles. The molecule has 90 valence electrons. The summed E-state index contributed by atoms with van der Waals surface area (Å²) in [6, 6.07) is 5.05. The molecule has 17 heavy (non-hydrogen) atoms. The highest BCUT2D eigenvalue weighted by Gasteiger charge is 2.05. The Morgan fingerprint density at radius 1 is 1.59 bits per heavy atom. The van der Waals surface area contributed by atoms with Crippen LogP contribution in [0.25, 0.3) is 0 Å². The van der Waals surface area contributed by atoms with Crippen molar-refractivity contribution in [3.05, 3.63) is 22.8 Å². The number of amides is 1. The lowest BCUT2D eigenvalue weighted by atomic mass is 10.3. The summed E-state index contributed by atoms with van der Waals surface area (Å²) in [7, 11) is 0. The Kier molecular flexibility index (Phi) is 4.73. The number of anilines is 1. The molecule has 0 bridgehead atoms. The topological polar surface area (TPSA) is 77.8 Å². The van der Waals surface area contributed by atoms with E-state index in [-0.39, 0.29) is 23.6 Å². The second-order valence-corrected chi connectivity index (χ2v) is 4.14. The summed E-state index contributed by atoms with van der Waals surface area (Å²) in [4.78, 5) is 15.3. The van der Waals surface area contributed by atoms with Gasteiger partial charge in [0, 0.05) is 6.04 Å². The van der Waals surface area contributed by atoms with E-state index in [4.69, 9.17) is 16.9 Å². The molecular formula is C11H13ClN4O. The van der Waals surface area contributed by atoms with Crippen LogP contribution in [0, 0.1) is 11.3 Å². The minimum atomic E-state index is -0.139. The zero-order chi connectivity index (χ0) is 12.8. The zero-order valence-corrected chi connectivity index (χ0v) is 10.4. The summed E-state index contributed by atoms with van der Waals surface area (Å²) in [5.41, 5.74) is 0.400. The van der Waals surface area contributed by atoms with Gasteiger partial charge in [-0.25, -0.2) is 4.98 Å². The Labute approximate surface area is 105 Å². The van der Waals surface area contributed by atoms with E-state index in [0.29, 0.717) is 11.4 Å². The van der Waals surface area contributed by atoms with E-state index in [1.807, 2.05) is 19.9 Å². The first-order valence-corrected chi connectivity index (χ1v) is 5.50. The van der Waals surface area contributed by atoms with Crippen LogP contribution in [-0.4, -0.2) is 23.5 Å². The van der Waals surface area contributed by atoms with Crippen molar-refractivity contribution in [3.63, 3.8) is 0 Å². The molecule has 1 aromatic heterocycles. The van der Waals surface area contributed by atoms with Crippen molar-refractivity contribution in [3.8, 4) is 6.07 Å². The maximum Gasteiger partial charge on any atom is 0.239 e. The maximum absolute atomic E-state index is 11.4. The van der Waals surface area contributed by atoms with Crippen LogP contribution >= 0.6 is 11.6 Å². The van der Waals surface area contributed by atoms with Crippen LogP contribution in [0.5, 0.6) is 0 Å². The first-order valence-electron chi connectivity index (χ1n) is 5.12. The number of halogens is 1. The van der Waals surface area contributed by atoms with Gasteiger partial charge in [-0.1, -0.05) is 11.6 Å². The highest BCUT2D eigenvalue weighted by atomic mass is 35.5. The molecule has 0 aliphatic heterocycles. The van der Waals surface area contributed by atoms with Gasteiger partial charge < -0.3 is 10.6 Å². The van der Waals surface area contributed by atoms with Gasteiger partial charge in [-0.2, -0.15) is 5.26 Å². The van der Waals surface area contributed by atoms with Crippen LogP contribution in [0.4, 0.5) is 5.82 Å². The van der Waals surface area contributed by atoms with Gasteiger partial charge in [0.2, 0.25) is 5.91 Å². The molecule has 0 atom stereocenters. The van der Waals surface area contributed by atoms with Gasteiger partial charge in [-0.05, 0) is 26.0 Å². The van der Waals surface area contributed by atoms with Gasteiger partial charge in [-0.3, -0.25) is 4.79 Å². The highest BCUT2D eigenvalue weighted by molar-refractivity contribution is 6.29. The van der Waals surface area contributed by atoms with Gasteiger partial charge in [-0.15, -0.1) is 0 Å². The van der Waals surface area contributed by atoms with Crippen molar-refractivity contribution < 1.29 is 4.79 Å². The van der Waals surface area contributed by atoms with Gasteiger partial charge in [0.15, 0.2) is 0 Å².